The van der Waals surface area contributed by atoms with Gasteiger partial charge in [0.15, 0.2) is 0 Å². The van der Waals surface area contributed by atoms with E-state index in [2.05, 4.69) is 0 Å². The summed E-state index contributed by atoms with van der Waals surface area (Å²) in [6.07, 6.45) is 0.546. The Balaban J connectivity index is 2.21. The summed E-state index contributed by atoms with van der Waals surface area (Å²) in [6, 6.07) is -0.227. The molecule has 0 bridgehead atoms. The zero-order valence-corrected chi connectivity index (χ0v) is 11.6. The molecule has 4 nitrogen and oxygen atoms in total. The first-order valence-corrected chi connectivity index (χ1v) is 6.90. The molecule has 2 rings (SSSR count). The molecule has 1 fully saturated rings. The molecule has 1 aliphatic heterocycles. The number of nitrogens with zero attached hydrogens (tertiary/aromatic N) is 1. The van der Waals surface area contributed by atoms with E-state index < -0.39 is 11.9 Å². The number of amides is 1. The summed E-state index contributed by atoms with van der Waals surface area (Å²) in [7, 11) is 0. The third-order valence-electron chi connectivity index (χ3n) is 3.85. The smallest absolute Gasteiger partial charge is 0.308 e. The van der Waals surface area contributed by atoms with Gasteiger partial charge in [-0.15, -0.1) is 11.3 Å². The molecule has 1 aromatic rings. The lowest BCUT2D eigenvalue weighted by molar-refractivity contribution is -0.142. The van der Waals surface area contributed by atoms with E-state index in [9.17, 15) is 9.59 Å². The maximum Gasteiger partial charge on any atom is 0.308 e. The minimum Gasteiger partial charge on any atom is -0.481 e. The number of carbonyl (C=O) groups is 2. The third-order valence-corrected chi connectivity index (χ3v) is 4.86. The molecule has 5 heteroatoms. The van der Waals surface area contributed by atoms with Gasteiger partial charge in [-0.25, -0.2) is 0 Å². The fourth-order valence-corrected chi connectivity index (χ4v) is 3.29. The van der Waals surface area contributed by atoms with Crippen LogP contribution in [0.3, 0.4) is 0 Å². The number of carboxylic acid groups (broad SMARTS) is 1. The Hall–Kier alpha value is -1.36. The van der Waals surface area contributed by atoms with Gasteiger partial charge >= 0.3 is 5.97 Å². The molecule has 2 unspecified atom stereocenters. The molecule has 98 valence electrons. The first kappa shape index (κ1) is 13.1. The van der Waals surface area contributed by atoms with E-state index in [4.69, 9.17) is 5.11 Å². The molecule has 0 saturated carbocycles. The minimum atomic E-state index is -0.809. The largest absolute Gasteiger partial charge is 0.481 e. The predicted molar refractivity (Wildman–Crippen MR) is 70.0 cm³/mol. The molecular formula is C13H17NO3S. The fraction of sp³-hybridized carbons (Fsp3) is 0.538. The molecule has 1 aliphatic rings. The summed E-state index contributed by atoms with van der Waals surface area (Å²) < 4.78 is 0. The topological polar surface area (TPSA) is 57.6 Å². The van der Waals surface area contributed by atoms with E-state index in [-0.39, 0.29) is 11.9 Å². The molecule has 1 saturated heterocycles. The molecular weight excluding hydrogens is 250 g/mol. The van der Waals surface area contributed by atoms with E-state index in [0.717, 1.165) is 16.0 Å². The average molecular weight is 267 g/mol. The van der Waals surface area contributed by atoms with Crippen LogP contribution in [-0.4, -0.2) is 34.5 Å². The van der Waals surface area contributed by atoms with Crippen molar-refractivity contribution in [2.75, 3.05) is 6.54 Å². The van der Waals surface area contributed by atoms with E-state index in [1.54, 1.807) is 16.2 Å². The average Bonchev–Trinajstić information content (AvgIpc) is 2.84. The lowest BCUT2D eigenvalue weighted by Crippen LogP contribution is -2.37. The summed E-state index contributed by atoms with van der Waals surface area (Å²) in [5.74, 6) is -1.28. The van der Waals surface area contributed by atoms with Crippen LogP contribution in [0.5, 0.6) is 0 Å². The summed E-state index contributed by atoms with van der Waals surface area (Å²) in [4.78, 5) is 26.3. The van der Waals surface area contributed by atoms with E-state index in [1.165, 1.54) is 0 Å². The second kappa shape index (κ2) is 4.72. The maximum absolute atomic E-state index is 12.4. The highest BCUT2D eigenvalue weighted by atomic mass is 32.1. The Morgan fingerprint density at radius 1 is 1.44 bits per heavy atom. The molecule has 1 N–H and O–H groups in total. The standard InChI is InChI=1S/C13H17NO3S/c1-7-9(3)18-6-11(7)12(15)14-5-4-10(8(14)2)13(16)17/h6,8,10H,4-5H2,1-3H3,(H,16,17). The van der Waals surface area contributed by atoms with Gasteiger partial charge in [0.1, 0.15) is 0 Å². The third kappa shape index (κ3) is 2.03. The van der Waals surface area contributed by atoms with Crippen LogP contribution < -0.4 is 0 Å². The molecule has 0 radical (unpaired) electrons. The molecule has 1 aromatic heterocycles. The van der Waals surface area contributed by atoms with E-state index in [1.807, 2.05) is 26.2 Å². The van der Waals surface area contributed by atoms with Gasteiger partial charge in [-0.2, -0.15) is 0 Å². The monoisotopic (exact) mass is 267 g/mol. The van der Waals surface area contributed by atoms with Crippen molar-refractivity contribution < 1.29 is 14.7 Å². The van der Waals surface area contributed by atoms with Crippen molar-refractivity contribution in [2.24, 2.45) is 5.92 Å². The first-order valence-electron chi connectivity index (χ1n) is 6.02. The lowest BCUT2D eigenvalue weighted by Gasteiger charge is -2.23. The van der Waals surface area contributed by atoms with Gasteiger partial charge in [0, 0.05) is 22.8 Å². The minimum absolute atomic E-state index is 0.0342. The number of aryl methyl sites for hydroxylation is 1. The Kier molecular flexibility index (Phi) is 3.43. The van der Waals surface area contributed by atoms with Crippen LogP contribution in [-0.2, 0) is 4.79 Å². The number of aliphatic carboxylic acids is 1. The van der Waals surface area contributed by atoms with Gasteiger partial charge in [0.2, 0.25) is 0 Å². The Labute approximate surface area is 110 Å². The highest BCUT2D eigenvalue weighted by Crippen LogP contribution is 2.29. The van der Waals surface area contributed by atoms with Gasteiger partial charge in [0.25, 0.3) is 5.91 Å². The van der Waals surface area contributed by atoms with Gasteiger partial charge < -0.3 is 10.0 Å². The predicted octanol–water partition coefficient (Wildman–Crippen LogP) is 2.30. The maximum atomic E-state index is 12.4. The van der Waals surface area contributed by atoms with Crippen molar-refractivity contribution in [3.63, 3.8) is 0 Å². The summed E-state index contributed by atoms with van der Waals surface area (Å²) >= 11 is 1.56. The number of thiophene rings is 1. The normalized spacial score (nSPS) is 23.4. The van der Waals surface area contributed by atoms with Crippen molar-refractivity contribution in [1.29, 1.82) is 0 Å². The number of likely N-dealkylation sites (tertiary alicyclic amines) is 1. The van der Waals surface area contributed by atoms with Crippen LogP contribution in [0.15, 0.2) is 5.38 Å². The molecule has 1 amide bonds. The van der Waals surface area contributed by atoms with E-state index >= 15 is 0 Å². The molecule has 18 heavy (non-hydrogen) atoms. The highest BCUT2D eigenvalue weighted by Gasteiger charge is 2.38. The Morgan fingerprint density at radius 3 is 2.56 bits per heavy atom. The molecule has 2 atom stereocenters. The number of hydrogen-bond donors (Lipinski definition) is 1. The molecule has 0 aromatic carbocycles. The van der Waals surface area contributed by atoms with Gasteiger partial charge in [-0.05, 0) is 32.8 Å². The number of rotatable bonds is 2. The first-order chi connectivity index (χ1) is 8.43. The van der Waals surface area contributed by atoms with Crippen molar-refractivity contribution in [1.82, 2.24) is 4.90 Å². The van der Waals surface area contributed by atoms with Crippen molar-refractivity contribution in [3.05, 3.63) is 21.4 Å². The number of carbonyl (C=O) groups excluding carboxylic acids is 1. The van der Waals surface area contributed by atoms with Gasteiger partial charge in [0.05, 0.1) is 11.5 Å². The zero-order valence-electron chi connectivity index (χ0n) is 10.8. The second-order valence-electron chi connectivity index (χ2n) is 4.80. The summed E-state index contributed by atoms with van der Waals surface area (Å²) in [5.41, 5.74) is 1.73. The van der Waals surface area contributed by atoms with Crippen LogP contribution in [0, 0.1) is 19.8 Å². The molecule has 0 aliphatic carbocycles. The van der Waals surface area contributed by atoms with Gasteiger partial charge in [-0.3, -0.25) is 9.59 Å². The van der Waals surface area contributed by atoms with Crippen LogP contribution >= 0.6 is 11.3 Å². The summed E-state index contributed by atoms with van der Waals surface area (Å²) in [5, 5.41) is 10.9. The lowest BCUT2D eigenvalue weighted by atomic mass is 10.0. The number of carboxylic acids is 1. The Morgan fingerprint density at radius 2 is 2.11 bits per heavy atom. The second-order valence-corrected chi connectivity index (χ2v) is 5.89. The SMILES string of the molecule is Cc1scc(C(=O)N2CCC(C(=O)O)C2C)c1C. The number of hydrogen-bond acceptors (Lipinski definition) is 3. The molecule has 0 spiro atoms. The van der Waals surface area contributed by atoms with Crippen LogP contribution in [0.25, 0.3) is 0 Å². The molecule has 2 heterocycles. The fourth-order valence-electron chi connectivity index (χ4n) is 2.44. The highest BCUT2D eigenvalue weighted by molar-refractivity contribution is 7.10. The van der Waals surface area contributed by atoms with Crippen molar-refractivity contribution in [2.45, 2.75) is 33.2 Å². The van der Waals surface area contributed by atoms with E-state index in [0.29, 0.717) is 13.0 Å². The zero-order chi connectivity index (χ0) is 13.4. The quantitative estimate of drug-likeness (QED) is 0.894. The summed E-state index contributed by atoms with van der Waals surface area (Å²) in [6.45, 7) is 6.28. The van der Waals surface area contributed by atoms with Gasteiger partial charge in [-0.1, -0.05) is 0 Å². The van der Waals surface area contributed by atoms with Crippen LogP contribution in [0.1, 0.15) is 34.1 Å². The Bertz CT molecular complexity index is 494. The van der Waals surface area contributed by atoms with Crippen LogP contribution in [0.4, 0.5) is 0 Å². The van der Waals surface area contributed by atoms with Crippen molar-refractivity contribution in [3.8, 4) is 0 Å². The van der Waals surface area contributed by atoms with Crippen molar-refractivity contribution >= 4 is 23.2 Å². The van der Waals surface area contributed by atoms with Crippen LogP contribution in [0.2, 0.25) is 0 Å².